The molecule has 2 heterocycles. The van der Waals surface area contributed by atoms with E-state index in [2.05, 4.69) is 55.4 Å². The van der Waals surface area contributed by atoms with Gasteiger partial charge in [0.05, 0.1) is 22.4 Å². The standard InChI is InChI=1S/C18H34B2O4/c1-15(2)16(3,4)22-19(21-15)13-11-9-10-12-14(13)20-23-17(5,6)18(7,8)24-20/h13-14H,9-12H2,1-8H3/t13-,14-/m0/s1. The molecular weight excluding hydrogens is 302 g/mol. The van der Waals surface area contributed by atoms with Gasteiger partial charge >= 0.3 is 14.2 Å². The molecule has 4 nitrogen and oxygen atoms in total. The smallest absolute Gasteiger partial charge is 0.403 e. The van der Waals surface area contributed by atoms with Crippen molar-refractivity contribution in [1.82, 2.24) is 0 Å². The Labute approximate surface area is 148 Å². The first kappa shape index (κ1) is 18.8. The fraction of sp³-hybridized carbons (Fsp3) is 1.00. The molecule has 0 unspecified atom stereocenters. The number of hydrogen-bond donors (Lipinski definition) is 0. The van der Waals surface area contributed by atoms with Crippen molar-refractivity contribution in [3.05, 3.63) is 0 Å². The van der Waals surface area contributed by atoms with Gasteiger partial charge in [-0.3, -0.25) is 0 Å². The number of rotatable bonds is 2. The van der Waals surface area contributed by atoms with Gasteiger partial charge in [0.1, 0.15) is 0 Å². The molecule has 3 aliphatic rings. The Morgan fingerprint density at radius 3 is 1.04 bits per heavy atom. The molecule has 1 aliphatic carbocycles. The van der Waals surface area contributed by atoms with Crippen molar-refractivity contribution >= 4 is 14.2 Å². The van der Waals surface area contributed by atoms with Crippen LogP contribution >= 0.6 is 0 Å². The second kappa shape index (κ2) is 5.73. The Balaban J connectivity index is 1.79. The predicted octanol–water partition coefficient (Wildman–Crippen LogP) is 4.49. The van der Waals surface area contributed by atoms with E-state index in [1.54, 1.807) is 0 Å². The molecule has 0 bridgehead atoms. The lowest BCUT2D eigenvalue weighted by molar-refractivity contribution is 0.00578. The van der Waals surface area contributed by atoms with E-state index in [1.165, 1.54) is 12.8 Å². The summed E-state index contributed by atoms with van der Waals surface area (Å²) in [6.45, 7) is 17.0. The molecule has 136 valence electrons. The molecule has 1 saturated carbocycles. The first-order chi connectivity index (χ1) is 10.9. The van der Waals surface area contributed by atoms with Crippen molar-refractivity contribution in [2.24, 2.45) is 0 Å². The van der Waals surface area contributed by atoms with E-state index in [-0.39, 0.29) is 36.6 Å². The second-order valence-electron chi connectivity index (χ2n) is 9.86. The second-order valence-corrected chi connectivity index (χ2v) is 9.86. The largest absolute Gasteiger partial charge is 0.460 e. The van der Waals surface area contributed by atoms with E-state index in [4.69, 9.17) is 18.6 Å². The third-order valence-corrected chi connectivity index (χ3v) is 7.12. The summed E-state index contributed by atoms with van der Waals surface area (Å²) in [5, 5.41) is 0. The molecule has 2 aliphatic heterocycles. The Hall–Kier alpha value is -0.0301. The molecule has 0 spiro atoms. The first-order valence-electron chi connectivity index (χ1n) is 9.58. The van der Waals surface area contributed by atoms with Crippen LogP contribution in [0, 0.1) is 0 Å². The molecule has 3 fully saturated rings. The molecule has 2 atom stereocenters. The third kappa shape index (κ3) is 2.98. The van der Waals surface area contributed by atoms with Gasteiger partial charge in [-0.1, -0.05) is 25.7 Å². The molecule has 24 heavy (non-hydrogen) atoms. The van der Waals surface area contributed by atoms with Crippen molar-refractivity contribution in [2.75, 3.05) is 0 Å². The summed E-state index contributed by atoms with van der Waals surface area (Å²) < 4.78 is 25.5. The maximum absolute atomic E-state index is 6.36. The lowest BCUT2D eigenvalue weighted by Crippen LogP contribution is -2.41. The van der Waals surface area contributed by atoms with Crippen LogP contribution in [0.2, 0.25) is 11.6 Å². The SMILES string of the molecule is CC1(C)OB([C@H]2CCCC[C@@H]2B2OC(C)(C)C(C)(C)O2)OC1(C)C. The van der Waals surface area contributed by atoms with Crippen LogP contribution in [0.15, 0.2) is 0 Å². The normalized spacial score (nSPS) is 37.0. The van der Waals surface area contributed by atoms with Crippen molar-refractivity contribution in [3.63, 3.8) is 0 Å². The summed E-state index contributed by atoms with van der Waals surface area (Å²) in [6.07, 6.45) is 4.69. The van der Waals surface area contributed by atoms with Crippen LogP contribution in [0.4, 0.5) is 0 Å². The lowest BCUT2D eigenvalue weighted by Gasteiger charge is -2.34. The topological polar surface area (TPSA) is 36.9 Å². The molecule has 3 rings (SSSR count). The minimum Gasteiger partial charge on any atom is -0.403 e. The molecule has 2 saturated heterocycles. The number of hydrogen-bond acceptors (Lipinski definition) is 4. The van der Waals surface area contributed by atoms with E-state index in [1.807, 2.05) is 0 Å². The highest BCUT2D eigenvalue weighted by atomic mass is 16.7. The zero-order valence-corrected chi connectivity index (χ0v) is 16.8. The highest BCUT2D eigenvalue weighted by Crippen LogP contribution is 2.52. The average Bonchev–Trinajstić information content (AvgIpc) is 2.79. The van der Waals surface area contributed by atoms with Gasteiger partial charge in [-0.25, -0.2) is 0 Å². The van der Waals surface area contributed by atoms with Crippen LogP contribution in [-0.4, -0.2) is 36.6 Å². The van der Waals surface area contributed by atoms with Crippen molar-refractivity contribution < 1.29 is 18.6 Å². The van der Waals surface area contributed by atoms with Gasteiger partial charge in [-0.2, -0.15) is 0 Å². The van der Waals surface area contributed by atoms with E-state index in [0.29, 0.717) is 11.6 Å². The van der Waals surface area contributed by atoms with E-state index < -0.39 is 0 Å². The maximum Gasteiger partial charge on any atom is 0.460 e. The summed E-state index contributed by atoms with van der Waals surface area (Å²) in [7, 11) is -0.335. The first-order valence-corrected chi connectivity index (χ1v) is 9.58. The maximum atomic E-state index is 6.36. The van der Waals surface area contributed by atoms with Gasteiger partial charge in [0.15, 0.2) is 0 Å². The summed E-state index contributed by atoms with van der Waals surface area (Å²) in [5.41, 5.74) is -1.13. The molecule has 0 N–H and O–H groups in total. The predicted molar refractivity (Wildman–Crippen MR) is 98.1 cm³/mol. The summed E-state index contributed by atoms with van der Waals surface area (Å²) in [5.74, 6) is 0.656. The Morgan fingerprint density at radius 1 is 0.542 bits per heavy atom. The van der Waals surface area contributed by atoms with E-state index in [9.17, 15) is 0 Å². The fourth-order valence-corrected chi connectivity index (χ4v) is 3.99. The van der Waals surface area contributed by atoms with E-state index in [0.717, 1.165) is 12.8 Å². The molecule has 0 radical (unpaired) electrons. The Morgan fingerprint density at radius 2 is 0.792 bits per heavy atom. The van der Waals surface area contributed by atoms with Crippen LogP contribution in [0.25, 0.3) is 0 Å². The molecule has 0 amide bonds. The van der Waals surface area contributed by atoms with Gasteiger partial charge in [-0.15, -0.1) is 0 Å². The Bertz CT molecular complexity index is 413. The summed E-state index contributed by atoms with van der Waals surface area (Å²) in [6, 6.07) is 0. The van der Waals surface area contributed by atoms with Gasteiger partial charge < -0.3 is 18.6 Å². The Kier molecular flexibility index (Phi) is 4.48. The van der Waals surface area contributed by atoms with Crippen LogP contribution in [0.3, 0.4) is 0 Å². The summed E-state index contributed by atoms with van der Waals surface area (Å²) in [4.78, 5) is 0. The van der Waals surface area contributed by atoms with Gasteiger partial charge in [0.25, 0.3) is 0 Å². The van der Waals surface area contributed by atoms with Crippen LogP contribution in [-0.2, 0) is 18.6 Å². The molecule has 0 aromatic heterocycles. The van der Waals surface area contributed by atoms with Gasteiger partial charge in [-0.05, 0) is 67.0 Å². The highest BCUT2D eigenvalue weighted by molar-refractivity contribution is 6.55. The zero-order chi connectivity index (χ0) is 18.0. The van der Waals surface area contributed by atoms with Gasteiger partial charge in [0.2, 0.25) is 0 Å². The van der Waals surface area contributed by atoms with Crippen LogP contribution in [0.5, 0.6) is 0 Å². The van der Waals surface area contributed by atoms with Crippen molar-refractivity contribution in [3.8, 4) is 0 Å². The van der Waals surface area contributed by atoms with Crippen molar-refractivity contribution in [2.45, 2.75) is 115 Å². The minimum atomic E-state index is -0.282. The lowest BCUT2D eigenvalue weighted by atomic mass is 9.48. The molecular formula is C18H34B2O4. The highest BCUT2D eigenvalue weighted by Gasteiger charge is 2.60. The third-order valence-electron chi connectivity index (χ3n) is 7.12. The van der Waals surface area contributed by atoms with Crippen LogP contribution in [0.1, 0.15) is 81.1 Å². The molecule has 0 aromatic rings. The van der Waals surface area contributed by atoms with E-state index >= 15 is 0 Å². The monoisotopic (exact) mass is 336 g/mol. The summed E-state index contributed by atoms with van der Waals surface area (Å²) >= 11 is 0. The van der Waals surface area contributed by atoms with Gasteiger partial charge in [0, 0.05) is 0 Å². The fourth-order valence-electron chi connectivity index (χ4n) is 3.99. The average molecular weight is 336 g/mol. The molecule has 6 heteroatoms. The minimum absolute atomic E-state index is 0.167. The molecule has 0 aromatic carbocycles. The zero-order valence-electron chi connectivity index (χ0n) is 16.8. The quantitative estimate of drug-likeness (QED) is 0.697. The van der Waals surface area contributed by atoms with Crippen LogP contribution < -0.4 is 0 Å². The van der Waals surface area contributed by atoms with Crippen molar-refractivity contribution in [1.29, 1.82) is 0 Å².